The van der Waals surface area contributed by atoms with Crippen molar-refractivity contribution < 1.29 is 4.79 Å². The number of hydrogen-bond donors (Lipinski definition) is 0. The number of Topliss-reactive ketones (excluding diaryl/α,β-unsaturated/α-hetero) is 1. The van der Waals surface area contributed by atoms with Crippen LogP contribution in [0.25, 0.3) is 0 Å². The Morgan fingerprint density at radius 2 is 1.57 bits per heavy atom. The summed E-state index contributed by atoms with van der Waals surface area (Å²) < 4.78 is 0. The average molecular weight is 197 g/mol. The molecule has 1 fully saturated rings. The molecular weight excluding hydrogens is 174 g/mol. The van der Waals surface area contributed by atoms with Crippen LogP contribution in [0.3, 0.4) is 0 Å². The van der Waals surface area contributed by atoms with Gasteiger partial charge in [-0.25, -0.2) is 0 Å². The molecule has 0 bridgehead atoms. The number of ketones is 1. The van der Waals surface area contributed by atoms with Gasteiger partial charge in [0.15, 0.2) is 0 Å². The topological polar surface area (TPSA) is 20.3 Å². The third kappa shape index (κ3) is 2.17. The molecule has 1 rings (SSSR count). The van der Waals surface area contributed by atoms with Crippen molar-refractivity contribution in [3.05, 3.63) is 0 Å². The largest absolute Gasteiger partial charge is 0.300 e. The third-order valence-electron chi connectivity index (χ3n) is 3.17. The number of nitrogens with zero attached hydrogens (tertiary/aromatic N) is 1. The number of likely N-dealkylation sites (tertiary alicyclic amines) is 1. The lowest BCUT2D eigenvalue weighted by Crippen LogP contribution is -2.60. The summed E-state index contributed by atoms with van der Waals surface area (Å²) in [6.07, 6.45) is 2.56. The minimum Gasteiger partial charge on any atom is -0.300 e. The number of carbonyl (C=O) groups excluding carboxylic acids is 1. The second-order valence-electron chi connectivity index (χ2n) is 5.67. The summed E-state index contributed by atoms with van der Waals surface area (Å²) >= 11 is 0. The van der Waals surface area contributed by atoms with E-state index in [9.17, 15) is 4.79 Å². The summed E-state index contributed by atoms with van der Waals surface area (Å²) in [5.41, 5.74) is 0.0731. The van der Waals surface area contributed by atoms with Crippen molar-refractivity contribution in [1.82, 2.24) is 4.90 Å². The van der Waals surface area contributed by atoms with E-state index in [0.29, 0.717) is 18.6 Å². The van der Waals surface area contributed by atoms with E-state index in [0.717, 1.165) is 13.0 Å². The van der Waals surface area contributed by atoms with Crippen molar-refractivity contribution in [2.24, 2.45) is 0 Å². The molecule has 0 atom stereocenters. The molecule has 0 N–H and O–H groups in total. The summed E-state index contributed by atoms with van der Waals surface area (Å²) in [4.78, 5) is 14.1. The summed E-state index contributed by atoms with van der Waals surface area (Å²) in [5, 5.41) is 0. The molecule has 0 amide bonds. The van der Waals surface area contributed by atoms with Gasteiger partial charge in [-0.2, -0.15) is 0 Å². The Morgan fingerprint density at radius 3 is 1.93 bits per heavy atom. The molecule has 2 heteroatoms. The van der Waals surface area contributed by atoms with E-state index in [4.69, 9.17) is 0 Å². The van der Waals surface area contributed by atoms with Crippen LogP contribution in [-0.2, 0) is 4.79 Å². The van der Waals surface area contributed by atoms with Gasteiger partial charge in [-0.3, -0.25) is 9.69 Å². The standard InChI is InChI=1S/C12H23NO/c1-6-7-13-11(2,3)8-10(14)9-12(13,4)5/h6-9H2,1-5H3. The fourth-order valence-electron chi connectivity index (χ4n) is 2.87. The highest BCUT2D eigenvalue weighted by Gasteiger charge is 2.43. The van der Waals surface area contributed by atoms with E-state index in [1.54, 1.807) is 0 Å². The normalized spacial score (nSPS) is 26.5. The van der Waals surface area contributed by atoms with Crippen molar-refractivity contribution in [1.29, 1.82) is 0 Å². The first-order valence-corrected chi connectivity index (χ1v) is 5.59. The van der Waals surface area contributed by atoms with Crippen LogP contribution in [0, 0.1) is 0 Å². The SMILES string of the molecule is CCCN1C(C)(C)CC(=O)CC1(C)C. The Bertz CT molecular complexity index is 210. The van der Waals surface area contributed by atoms with Gasteiger partial charge in [-0.15, -0.1) is 0 Å². The van der Waals surface area contributed by atoms with E-state index in [1.165, 1.54) is 0 Å². The first kappa shape index (κ1) is 11.7. The second kappa shape index (κ2) is 3.65. The van der Waals surface area contributed by atoms with Gasteiger partial charge in [0, 0.05) is 23.9 Å². The van der Waals surface area contributed by atoms with Crippen LogP contribution in [0.2, 0.25) is 0 Å². The minimum atomic E-state index is 0.0366. The molecule has 0 radical (unpaired) electrons. The Labute approximate surface area is 87.7 Å². The molecule has 2 nitrogen and oxygen atoms in total. The molecule has 1 aliphatic heterocycles. The Kier molecular flexibility index (Phi) is 3.05. The smallest absolute Gasteiger partial charge is 0.136 e. The maximum Gasteiger partial charge on any atom is 0.136 e. The first-order valence-electron chi connectivity index (χ1n) is 5.59. The molecule has 0 aliphatic carbocycles. The van der Waals surface area contributed by atoms with E-state index in [-0.39, 0.29) is 11.1 Å². The molecule has 1 heterocycles. The number of carbonyl (C=O) groups is 1. The molecule has 82 valence electrons. The maximum absolute atomic E-state index is 11.6. The molecule has 0 saturated carbocycles. The van der Waals surface area contributed by atoms with Crippen molar-refractivity contribution >= 4 is 5.78 Å². The molecule has 0 unspecified atom stereocenters. The zero-order valence-corrected chi connectivity index (χ0v) is 10.2. The monoisotopic (exact) mass is 197 g/mol. The molecule has 14 heavy (non-hydrogen) atoms. The van der Waals surface area contributed by atoms with Gasteiger partial charge in [0.2, 0.25) is 0 Å². The second-order valence-corrected chi connectivity index (χ2v) is 5.67. The highest BCUT2D eigenvalue weighted by atomic mass is 16.1. The number of piperidine rings is 1. The Balaban J connectivity index is 2.90. The molecule has 0 aromatic carbocycles. The van der Waals surface area contributed by atoms with Crippen LogP contribution >= 0.6 is 0 Å². The highest BCUT2D eigenvalue weighted by molar-refractivity contribution is 5.81. The van der Waals surface area contributed by atoms with E-state index < -0.39 is 0 Å². The molecular formula is C12H23NO. The van der Waals surface area contributed by atoms with Crippen molar-refractivity contribution in [3.63, 3.8) is 0 Å². The van der Waals surface area contributed by atoms with Crippen molar-refractivity contribution in [3.8, 4) is 0 Å². The lowest BCUT2D eigenvalue weighted by Gasteiger charge is -2.52. The summed E-state index contributed by atoms with van der Waals surface area (Å²) in [7, 11) is 0. The van der Waals surface area contributed by atoms with Gasteiger partial charge >= 0.3 is 0 Å². The van der Waals surface area contributed by atoms with Gasteiger partial charge < -0.3 is 0 Å². The Morgan fingerprint density at radius 1 is 1.14 bits per heavy atom. The predicted octanol–water partition coefficient (Wildman–Crippen LogP) is 2.62. The van der Waals surface area contributed by atoms with Gasteiger partial charge in [0.1, 0.15) is 5.78 Å². The fraction of sp³-hybridized carbons (Fsp3) is 0.917. The predicted molar refractivity (Wildman–Crippen MR) is 59.4 cm³/mol. The third-order valence-corrected chi connectivity index (χ3v) is 3.17. The van der Waals surface area contributed by atoms with Crippen LogP contribution in [0.4, 0.5) is 0 Å². The van der Waals surface area contributed by atoms with Crippen LogP contribution in [0.1, 0.15) is 53.9 Å². The minimum absolute atomic E-state index is 0.0366. The van der Waals surface area contributed by atoms with E-state index >= 15 is 0 Å². The van der Waals surface area contributed by atoms with Crippen LogP contribution in [0.5, 0.6) is 0 Å². The molecule has 0 aromatic heterocycles. The van der Waals surface area contributed by atoms with Crippen molar-refractivity contribution in [2.75, 3.05) is 6.54 Å². The van der Waals surface area contributed by atoms with Gasteiger partial charge in [0.05, 0.1) is 0 Å². The number of hydrogen-bond acceptors (Lipinski definition) is 2. The molecule has 0 spiro atoms. The van der Waals surface area contributed by atoms with Gasteiger partial charge in [-0.1, -0.05) is 6.92 Å². The highest BCUT2D eigenvalue weighted by Crippen LogP contribution is 2.36. The summed E-state index contributed by atoms with van der Waals surface area (Å²) in [6.45, 7) is 12.0. The Hall–Kier alpha value is -0.370. The lowest BCUT2D eigenvalue weighted by molar-refractivity contribution is -0.133. The number of rotatable bonds is 2. The van der Waals surface area contributed by atoms with Crippen LogP contribution in [-0.4, -0.2) is 28.3 Å². The van der Waals surface area contributed by atoms with Crippen molar-refractivity contribution in [2.45, 2.75) is 65.0 Å². The average Bonchev–Trinajstić information content (AvgIpc) is 1.94. The quantitative estimate of drug-likeness (QED) is 0.678. The van der Waals surface area contributed by atoms with Gasteiger partial charge in [0.25, 0.3) is 0 Å². The maximum atomic E-state index is 11.6. The molecule has 0 aromatic rings. The first-order chi connectivity index (χ1) is 6.29. The molecule has 1 saturated heterocycles. The van der Waals surface area contributed by atoms with Crippen LogP contribution in [0.15, 0.2) is 0 Å². The zero-order chi connectivity index (χ0) is 11.0. The fourth-order valence-corrected chi connectivity index (χ4v) is 2.87. The zero-order valence-electron chi connectivity index (χ0n) is 10.2. The lowest BCUT2D eigenvalue weighted by atomic mass is 9.79. The summed E-state index contributed by atoms with van der Waals surface area (Å²) in [5.74, 6) is 0.410. The van der Waals surface area contributed by atoms with E-state index in [1.807, 2.05) is 0 Å². The summed E-state index contributed by atoms with van der Waals surface area (Å²) in [6, 6.07) is 0. The van der Waals surface area contributed by atoms with Crippen LogP contribution < -0.4 is 0 Å². The molecule has 1 aliphatic rings. The van der Waals surface area contributed by atoms with Gasteiger partial charge in [-0.05, 0) is 40.7 Å². The van der Waals surface area contributed by atoms with E-state index in [2.05, 4.69) is 39.5 Å².